The van der Waals surface area contributed by atoms with Crippen LogP contribution >= 0.6 is 0 Å². The number of carbonyl (C=O) groups is 2. The van der Waals surface area contributed by atoms with Crippen molar-refractivity contribution < 1.29 is 14.0 Å². The van der Waals surface area contributed by atoms with E-state index in [4.69, 9.17) is 4.42 Å². The number of rotatable bonds is 5. The zero-order chi connectivity index (χ0) is 17.1. The van der Waals surface area contributed by atoms with Gasteiger partial charge in [0.1, 0.15) is 6.04 Å². The number of anilines is 1. The van der Waals surface area contributed by atoms with Gasteiger partial charge in [0.25, 0.3) is 5.91 Å². The van der Waals surface area contributed by atoms with Crippen LogP contribution in [-0.2, 0) is 17.6 Å². The summed E-state index contributed by atoms with van der Waals surface area (Å²) in [5.41, 5.74) is 3.44. The van der Waals surface area contributed by atoms with Crippen LogP contribution in [0.15, 0.2) is 41.0 Å². The van der Waals surface area contributed by atoms with Gasteiger partial charge >= 0.3 is 0 Å². The minimum Gasteiger partial charge on any atom is -0.459 e. The first-order valence-corrected chi connectivity index (χ1v) is 8.31. The number of hydrogen-bond donors (Lipinski definition) is 2. The Kier molecular flexibility index (Phi) is 4.69. The third kappa shape index (κ3) is 3.50. The Bertz CT molecular complexity index is 735. The maximum atomic E-state index is 12.6. The lowest BCUT2D eigenvalue weighted by molar-refractivity contribution is -0.118. The second-order valence-corrected chi connectivity index (χ2v) is 6.50. The summed E-state index contributed by atoms with van der Waals surface area (Å²) in [7, 11) is 0. The number of benzene rings is 1. The third-order valence-electron chi connectivity index (χ3n) is 4.35. The highest BCUT2D eigenvalue weighted by molar-refractivity contribution is 6.00. The molecule has 0 aliphatic heterocycles. The normalized spacial score (nSPS) is 14.3. The summed E-state index contributed by atoms with van der Waals surface area (Å²) in [5.74, 6) is -0.449. The molecule has 1 aliphatic rings. The van der Waals surface area contributed by atoms with Gasteiger partial charge in [0, 0.05) is 5.69 Å². The lowest BCUT2D eigenvalue weighted by Crippen LogP contribution is -2.47. The number of carbonyl (C=O) groups excluding carboxylic acids is 2. The maximum absolute atomic E-state index is 12.6. The Morgan fingerprint density at radius 1 is 1.12 bits per heavy atom. The standard InChI is InChI=1S/C19H22N2O3/c1-12(2)17(21-18(22)16-7-4-10-24-16)19(23)20-15-9-8-13-5-3-6-14(13)11-15/h4,7-12,17H,3,5-6H2,1-2H3,(H,20,23)(H,21,22). The molecule has 0 fully saturated rings. The van der Waals surface area contributed by atoms with Gasteiger partial charge in [-0.05, 0) is 60.6 Å². The van der Waals surface area contributed by atoms with E-state index in [0.717, 1.165) is 18.5 Å². The highest BCUT2D eigenvalue weighted by Gasteiger charge is 2.26. The molecule has 0 saturated heterocycles. The first-order valence-electron chi connectivity index (χ1n) is 8.31. The Morgan fingerprint density at radius 3 is 2.62 bits per heavy atom. The third-order valence-corrected chi connectivity index (χ3v) is 4.35. The summed E-state index contributed by atoms with van der Waals surface area (Å²) in [4.78, 5) is 24.7. The number of amides is 2. The van der Waals surface area contributed by atoms with E-state index in [-0.39, 0.29) is 23.5 Å². The summed E-state index contributed by atoms with van der Waals surface area (Å²) >= 11 is 0. The molecule has 0 spiro atoms. The van der Waals surface area contributed by atoms with E-state index < -0.39 is 6.04 Å². The molecular weight excluding hydrogens is 304 g/mol. The fourth-order valence-electron chi connectivity index (χ4n) is 3.02. The van der Waals surface area contributed by atoms with Gasteiger partial charge in [-0.2, -0.15) is 0 Å². The minimum atomic E-state index is -0.629. The smallest absolute Gasteiger partial charge is 0.287 e. The van der Waals surface area contributed by atoms with Crippen molar-refractivity contribution in [3.63, 3.8) is 0 Å². The van der Waals surface area contributed by atoms with Crippen molar-refractivity contribution in [3.8, 4) is 0 Å². The zero-order valence-corrected chi connectivity index (χ0v) is 14.0. The van der Waals surface area contributed by atoms with E-state index in [0.29, 0.717) is 0 Å². The fraction of sp³-hybridized carbons (Fsp3) is 0.368. The van der Waals surface area contributed by atoms with E-state index in [1.165, 1.54) is 23.8 Å². The van der Waals surface area contributed by atoms with Gasteiger partial charge in [0.05, 0.1) is 6.26 Å². The number of nitrogens with one attached hydrogen (secondary N) is 2. The Morgan fingerprint density at radius 2 is 1.92 bits per heavy atom. The van der Waals surface area contributed by atoms with Crippen molar-refractivity contribution in [2.24, 2.45) is 5.92 Å². The average molecular weight is 326 g/mol. The first-order chi connectivity index (χ1) is 11.5. The van der Waals surface area contributed by atoms with Gasteiger partial charge in [-0.25, -0.2) is 0 Å². The van der Waals surface area contributed by atoms with Crippen molar-refractivity contribution in [2.45, 2.75) is 39.2 Å². The first kappa shape index (κ1) is 16.3. The number of furan rings is 1. The van der Waals surface area contributed by atoms with Crippen molar-refractivity contribution in [3.05, 3.63) is 53.5 Å². The van der Waals surface area contributed by atoms with Crippen LogP contribution < -0.4 is 10.6 Å². The quantitative estimate of drug-likeness (QED) is 0.886. The summed E-state index contributed by atoms with van der Waals surface area (Å²) in [6, 6.07) is 8.62. The van der Waals surface area contributed by atoms with Crippen LogP contribution in [0.5, 0.6) is 0 Å². The van der Waals surface area contributed by atoms with Gasteiger partial charge in [-0.1, -0.05) is 19.9 Å². The maximum Gasteiger partial charge on any atom is 0.287 e. The molecule has 1 aromatic carbocycles. The van der Waals surface area contributed by atoms with Crippen LogP contribution in [0.25, 0.3) is 0 Å². The van der Waals surface area contributed by atoms with E-state index in [9.17, 15) is 9.59 Å². The van der Waals surface area contributed by atoms with Crippen LogP contribution in [0, 0.1) is 5.92 Å². The van der Waals surface area contributed by atoms with Crippen molar-refractivity contribution in [1.29, 1.82) is 0 Å². The summed E-state index contributed by atoms with van der Waals surface area (Å²) in [6.07, 6.45) is 4.77. The fourth-order valence-corrected chi connectivity index (χ4v) is 3.02. The van der Waals surface area contributed by atoms with Crippen LogP contribution in [0.2, 0.25) is 0 Å². The minimum absolute atomic E-state index is 0.0432. The molecule has 1 atom stereocenters. The monoisotopic (exact) mass is 326 g/mol. The molecule has 5 heteroatoms. The van der Waals surface area contributed by atoms with Gasteiger partial charge in [0.15, 0.2) is 5.76 Å². The van der Waals surface area contributed by atoms with E-state index >= 15 is 0 Å². The average Bonchev–Trinajstić information content (AvgIpc) is 3.22. The van der Waals surface area contributed by atoms with E-state index in [2.05, 4.69) is 16.7 Å². The topological polar surface area (TPSA) is 71.3 Å². The summed E-state index contributed by atoms with van der Waals surface area (Å²) < 4.78 is 5.08. The number of hydrogen-bond acceptors (Lipinski definition) is 3. The predicted molar refractivity (Wildman–Crippen MR) is 91.9 cm³/mol. The molecule has 1 heterocycles. The number of fused-ring (bicyclic) bond motifs is 1. The van der Waals surface area contributed by atoms with Gasteiger partial charge < -0.3 is 15.1 Å². The molecular formula is C19H22N2O3. The Hall–Kier alpha value is -2.56. The second kappa shape index (κ2) is 6.91. The van der Waals surface area contributed by atoms with Crippen LogP contribution in [-0.4, -0.2) is 17.9 Å². The Labute approximate surface area is 141 Å². The molecule has 5 nitrogen and oxygen atoms in total. The molecule has 2 aromatic rings. The lowest BCUT2D eigenvalue weighted by atomic mass is 10.0. The Balaban J connectivity index is 1.69. The number of aryl methyl sites for hydroxylation is 2. The molecule has 0 saturated carbocycles. The van der Waals surface area contributed by atoms with Gasteiger partial charge in [-0.15, -0.1) is 0 Å². The van der Waals surface area contributed by atoms with Crippen LogP contribution in [0.1, 0.15) is 41.9 Å². The SMILES string of the molecule is CC(C)C(NC(=O)c1ccco1)C(=O)Nc1ccc2c(c1)CCC2. The molecule has 126 valence electrons. The second-order valence-electron chi connectivity index (χ2n) is 6.50. The highest BCUT2D eigenvalue weighted by Crippen LogP contribution is 2.25. The summed E-state index contributed by atoms with van der Waals surface area (Å²) in [6.45, 7) is 3.80. The molecule has 1 unspecified atom stereocenters. The van der Waals surface area contributed by atoms with Crippen LogP contribution in [0.4, 0.5) is 5.69 Å². The van der Waals surface area contributed by atoms with E-state index in [1.54, 1.807) is 12.1 Å². The van der Waals surface area contributed by atoms with Crippen LogP contribution in [0.3, 0.4) is 0 Å². The molecule has 2 N–H and O–H groups in total. The molecule has 2 amide bonds. The van der Waals surface area contributed by atoms with Crippen molar-refractivity contribution in [2.75, 3.05) is 5.32 Å². The molecule has 1 aliphatic carbocycles. The van der Waals surface area contributed by atoms with Gasteiger partial charge in [0.2, 0.25) is 5.91 Å². The van der Waals surface area contributed by atoms with E-state index in [1.807, 2.05) is 26.0 Å². The lowest BCUT2D eigenvalue weighted by Gasteiger charge is -2.21. The largest absolute Gasteiger partial charge is 0.459 e. The van der Waals surface area contributed by atoms with Crippen molar-refractivity contribution in [1.82, 2.24) is 5.32 Å². The molecule has 1 aromatic heterocycles. The van der Waals surface area contributed by atoms with Crippen molar-refractivity contribution >= 4 is 17.5 Å². The zero-order valence-electron chi connectivity index (χ0n) is 14.0. The van der Waals surface area contributed by atoms with Gasteiger partial charge in [-0.3, -0.25) is 9.59 Å². The molecule has 0 radical (unpaired) electrons. The molecule has 0 bridgehead atoms. The summed E-state index contributed by atoms with van der Waals surface area (Å²) in [5, 5.41) is 5.67. The molecule has 24 heavy (non-hydrogen) atoms. The highest BCUT2D eigenvalue weighted by atomic mass is 16.3. The molecule has 3 rings (SSSR count). The predicted octanol–water partition coefficient (Wildman–Crippen LogP) is 3.16.